The van der Waals surface area contributed by atoms with E-state index in [9.17, 15) is 0 Å². The predicted molar refractivity (Wildman–Crippen MR) is 48.1 cm³/mol. The van der Waals surface area contributed by atoms with E-state index in [1.165, 1.54) is 5.57 Å². The van der Waals surface area contributed by atoms with E-state index in [1.807, 2.05) is 6.08 Å². The predicted octanol–water partition coefficient (Wildman–Crippen LogP) is 1.67. The Labute approximate surface area is 67.3 Å². The van der Waals surface area contributed by atoms with Crippen LogP contribution in [0.25, 0.3) is 0 Å². The molecule has 0 amide bonds. The van der Waals surface area contributed by atoms with Gasteiger partial charge in [-0.2, -0.15) is 0 Å². The van der Waals surface area contributed by atoms with Gasteiger partial charge in [-0.05, 0) is 25.3 Å². The van der Waals surface area contributed by atoms with Gasteiger partial charge >= 0.3 is 0 Å². The Morgan fingerprint density at radius 1 is 1.70 bits per heavy atom. The highest BCUT2D eigenvalue weighted by Crippen LogP contribution is 2.20. The molecule has 1 nitrogen and oxygen atoms in total. The lowest BCUT2D eigenvalue weighted by molar-refractivity contribution is 0.529. The third-order valence-corrected chi connectivity index (χ3v) is 2.36. The highest BCUT2D eigenvalue weighted by molar-refractivity contribution is 7.80. The van der Waals surface area contributed by atoms with Gasteiger partial charge in [-0.3, -0.25) is 0 Å². The summed E-state index contributed by atoms with van der Waals surface area (Å²) in [5, 5.41) is 0. The summed E-state index contributed by atoms with van der Waals surface area (Å²) in [5.41, 5.74) is 7.16. The van der Waals surface area contributed by atoms with E-state index in [0.717, 1.165) is 11.3 Å². The quantitative estimate of drug-likeness (QED) is 0.538. The van der Waals surface area contributed by atoms with Crippen molar-refractivity contribution in [2.45, 2.75) is 26.3 Å². The summed E-state index contributed by atoms with van der Waals surface area (Å²) in [6.45, 7) is 4.25. The van der Waals surface area contributed by atoms with Crippen molar-refractivity contribution in [2.24, 2.45) is 11.7 Å². The smallest absolute Gasteiger partial charge is 0.0427 e. The molecule has 0 bridgehead atoms. The van der Waals surface area contributed by atoms with Crippen LogP contribution in [0.3, 0.4) is 0 Å². The molecule has 2 N–H and O–H groups in total. The van der Waals surface area contributed by atoms with Gasteiger partial charge < -0.3 is 5.73 Å². The fourth-order valence-corrected chi connectivity index (χ4v) is 1.75. The third kappa shape index (κ3) is 1.44. The topological polar surface area (TPSA) is 26.0 Å². The number of thiocarbonyl (C=S) groups is 1. The van der Waals surface area contributed by atoms with Crippen LogP contribution in [0.2, 0.25) is 0 Å². The summed E-state index contributed by atoms with van der Waals surface area (Å²) < 4.78 is 0. The minimum atomic E-state index is 0.110. The normalized spacial score (nSPS) is 33.9. The Bertz CT molecular complexity index is 184. The van der Waals surface area contributed by atoms with Crippen LogP contribution in [0.1, 0.15) is 20.3 Å². The van der Waals surface area contributed by atoms with Crippen molar-refractivity contribution >= 4 is 17.1 Å². The molecule has 1 aliphatic carbocycles. The zero-order valence-corrected chi connectivity index (χ0v) is 7.24. The van der Waals surface area contributed by atoms with Crippen molar-refractivity contribution in [3.63, 3.8) is 0 Å². The molecule has 2 atom stereocenters. The Hall–Kier alpha value is -0.210. The molecule has 0 heterocycles. The molecule has 0 radical (unpaired) electrons. The minimum Gasteiger partial charge on any atom is -0.323 e. The van der Waals surface area contributed by atoms with Crippen LogP contribution in [0.15, 0.2) is 11.6 Å². The highest BCUT2D eigenvalue weighted by Gasteiger charge is 2.20. The van der Waals surface area contributed by atoms with Crippen molar-refractivity contribution < 1.29 is 0 Å². The fourth-order valence-electron chi connectivity index (χ4n) is 1.31. The van der Waals surface area contributed by atoms with Crippen LogP contribution in [0.4, 0.5) is 0 Å². The van der Waals surface area contributed by atoms with Crippen molar-refractivity contribution in [2.75, 3.05) is 0 Å². The van der Waals surface area contributed by atoms with Crippen LogP contribution in [-0.4, -0.2) is 10.9 Å². The molecule has 0 spiro atoms. The lowest BCUT2D eigenvalue weighted by Crippen LogP contribution is -2.37. The van der Waals surface area contributed by atoms with Crippen LogP contribution in [-0.2, 0) is 0 Å². The SMILES string of the molecule is CC1=CC(=S)C(N)C(C)C1. The first kappa shape index (κ1) is 7.89. The molecule has 0 fully saturated rings. The fraction of sp³-hybridized carbons (Fsp3) is 0.625. The number of allylic oxidation sites excluding steroid dienone is 1. The Morgan fingerprint density at radius 3 is 2.80 bits per heavy atom. The molecule has 0 saturated carbocycles. The molecule has 56 valence electrons. The van der Waals surface area contributed by atoms with E-state index >= 15 is 0 Å². The first-order valence-corrected chi connectivity index (χ1v) is 3.98. The Morgan fingerprint density at radius 2 is 2.30 bits per heavy atom. The Kier molecular flexibility index (Phi) is 2.21. The lowest BCUT2D eigenvalue weighted by Gasteiger charge is -2.24. The van der Waals surface area contributed by atoms with Crippen LogP contribution in [0, 0.1) is 5.92 Å². The van der Waals surface area contributed by atoms with E-state index in [2.05, 4.69) is 13.8 Å². The average Bonchev–Trinajstić information content (AvgIpc) is 1.82. The van der Waals surface area contributed by atoms with Gasteiger partial charge in [-0.15, -0.1) is 0 Å². The van der Waals surface area contributed by atoms with E-state index in [0.29, 0.717) is 5.92 Å². The van der Waals surface area contributed by atoms with Crippen LogP contribution in [0.5, 0.6) is 0 Å². The third-order valence-electron chi connectivity index (χ3n) is 1.97. The average molecular weight is 155 g/mol. The molecule has 2 heteroatoms. The second-order valence-electron chi connectivity index (χ2n) is 3.10. The summed E-state index contributed by atoms with van der Waals surface area (Å²) in [7, 11) is 0. The molecule has 2 unspecified atom stereocenters. The monoisotopic (exact) mass is 155 g/mol. The summed E-state index contributed by atoms with van der Waals surface area (Å²) in [4.78, 5) is 0.913. The summed E-state index contributed by atoms with van der Waals surface area (Å²) >= 11 is 5.08. The molecule has 0 aromatic heterocycles. The molecule has 0 aromatic rings. The molecule has 0 aromatic carbocycles. The second kappa shape index (κ2) is 2.81. The van der Waals surface area contributed by atoms with Gasteiger partial charge in [-0.25, -0.2) is 0 Å². The summed E-state index contributed by atoms with van der Waals surface area (Å²) in [5.74, 6) is 0.525. The van der Waals surface area contributed by atoms with Gasteiger partial charge in [0.2, 0.25) is 0 Å². The van der Waals surface area contributed by atoms with Gasteiger partial charge in [-0.1, -0.05) is 24.7 Å². The van der Waals surface area contributed by atoms with Crippen molar-refractivity contribution in [1.29, 1.82) is 0 Å². The molecule has 1 rings (SSSR count). The Balaban J connectivity index is 2.79. The maximum absolute atomic E-state index is 5.80. The van der Waals surface area contributed by atoms with Gasteiger partial charge in [0.1, 0.15) is 0 Å². The molecule has 0 saturated heterocycles. The second-order valence-corrected chi connectivity index (χ2v) is 3.57. The van der Waals surface area contributed by atoms with E-state index < -0.39 is 0 Å². The number of rotatable bonds is 0. The van der Waals surface area contributed by atoms with Crippen LogP contribution >= 0.6 is 12.2 Å². The molecule has 10 heavy (non-hydrogen) atoms. The number of nitrogens with two attached hydrogens (primary N) is 1. The lowest BCUT2D eigenvalue weighted by atomic mass is 9.87. The maximum atomic E-state index is 5.80. The van der Waals surface area contributed by atoms with Crippen molar-refractivity contribution in [3.05, 3.63) is 11.6 Å². The largest absolute Gasteiger partial charge is 0.323 e. The van der Waals surface area contributed by atoms with Gasteiger partial charge in [0, 0.05) is 10.9 Å². The zero-order valence-electron chi connectivity index (χ0n) is 6.42. The summed E-state index contributed by atoms with van der Waals surface area (Å²) in [6, 6.07) is 0.110. The first-order chi connectivity index (χ1) is 4.61. The van der Waals surface area contributed by atoms with Gasteiger partial charge in [0.15, 0.2) is 0 Å². The number of hydrogen-bond acceptors (Lipinski definition) is 2. The van der Waals surface area contributed by atoms with Crippen LogP contribution < -0.4 is 5.73 Å². The molecule has 0 aliphatic heterocycles. The number of hydrogen-bond donors (Lipinski definition) is 1. The molecular formula is C8H13NS. The standard InChI is InChI=1S/C8H13NS/c1-5-3-6(2)8(9)7(10)4-5/h4,6,8H,3,9H2,1-2H3. The first-order valence-electron chi connectivity index (χ1n) is 3.58. The van der Waals surface area contributed by atoms with Crippen molar-refractivity contribution in [1.82, 2.24) is 0 Å². The van der Waals surface area contributed by atoms with Crippen molar-refractivity contribution in [3.8, 4) is 0 Å². The van der Waals surface area contributed by atoms with E-state index in [-0.39, 0.29) is 6.04 Å². The van der Waals surface area contributed by atoms with E-state index in [1.54, 1.807) is 0 Å². The van der Waals surface area contributed by atoms with E-state index in [4.69, 9.17) is 18.0 Å². The van der Waals surface area contributed by atoms with Gasteiger partial charge in [0.05, 0.1) is 0 Å². The molecular weight excluding hydrogens is 142 g/mol. The minimum absolute atomic E-state index is 0.110. The summed E-state index contributed by atoms with van der Waals surface area (Å²) in [6.07, 6.45) is 3.13. The highest BCUT2D eigenvalue weighted by atomic mass is 32.1. The molecule has 1 aliphatic rings. The van der Waals surface area contributed by atoms with Gasteiger partial charge in [0.25, 0.3) is 0 Å². The zero-order chi connectivity index (χ0) is 7.72. The maximum Gasteiger partial charge on any atom is 0.0427 e.